The van der Waals surface area contributed by atoms with Crippen LogP contribution in [0.25, 0.3) is 0 Å². The van der Waals surface area contributed by atoms with E-state index in [0.29, 0.717) is 12.0 Å². The summed E-state index contributed by atoms with van der Waals surface area (Å²) in [5.74, 6) is 2.21. The Labute approximate surface area is 227 Å². The van der Waals surface area contributed by atoms with Crippen LogP contribution in [0.1, 0.15) is 206 Å². The van der Waals surface area contributed by atoms with E-state index < -0.39 is 0 Å². The topological polar surface area (TPSA) is 19.7 Å². The molecule has 0 spiro atoms. The summed E-state index contributed by atoms with van der Waals surface area (Å²) in [6.07, 6.45) is 40.0. The number of H-pyrrole nitrogens is 1. The van der Waals surface area contributed by atoms with E-state index in [1.54, 1.807) is 0 Å². The van der Waals surface area contributed by atoms with Crippen molar-refractivity contribution in [1.29, 1.82) is 0 Å². The average molecular weight is 504 g/mol. The predicted molar refractivity (Wildman–Crippen MR) is 161 cm³/mol. The van der Waals surface area contributed by atoms with Gasteiger partial charge in [-0.1, -0.05) is 162 Å². The lowest BCUT2D eigenvalue weighted by atomic mass is 9.93. The fourth-order valence-corrected chi connectivity index (χ4v) is 5.80. The summed E-state index contributed by atoms with van der Waals surface area (Å²) in [5.41, 5.74) is 0. The van der Waals surface area contributed by atoms with Gasteiger partial charge in [-0.05, 0) is 26.2 Å². The monoisotopic (exact) mass is 504 g/mol. The van der Waals surface area contributed by atoms with Crippen molar-refractivity contribution in [2.45, 2.75) is 200 Å². The standard InChI is InChI=1S/C34H66N2/c1-5-8-10-12-14-15-16-17-18-19-20-21-22-23-25-27-29-33(28-26-24-13-11-9-6-2)34-35-30-31-36(34)32(4)7-3/h30-33H,5-29H2,1-4H3/p+1. The Hall–Kier alpha value is -0.790. The molecule has 1 N–H and O–H groups in total. The van der Waals surface area contributed by atoms with Gasteiger partial charge in [0.1, 0.15) is 12.4 Å². The summed E-state index contributed by atoms with van der Waals surface area (Å²) in [6, 6.07) is 0.601. The summed E-state index contributed by atoms with van der Waals surface area (Å²) in [6.45, 7) is 9.30. The maximum absolute atomic E-state index is 3.65. The number of nitrogens with zero attached hydrogens (tertiary/aromatic N) is 1. The second-order valence-corrected chi connectivity index (χ2v) is 11.9. The van der Waals surface area contributed by atoms with E-state index in [4.69, 9.17) is 0 Å². The van der Waals surface area contributed by atoms with Gasteiger partial charge < -0.3 is 0 Å². The molecular formula is C34H67N2+. The molecule has 212 valence electrons. The summed E-state index contributed by atoms with van der Waals surface area (Å²) >= 11 is 0. The molecular weight excluding hydrogens is 436 g/mol. The Morgan fingerprint density at radius 3 is 1.28 bits per heavy atom. The van der Waals surface area contributed by atoms with E-state index >= 15 is 0 Å². The van der Waals surface area contributed by atoms with Crippen LogP contribution in [0.4, 0.5) is 0 Å². The van der Waals surface area contributed by atoms with Gasteiger partial charge in [0, 0.05) is 0 Å². The molecule has 0 saturated carbocycles. The Balaban J connectivity index is 2.15. The lowest BCUT2D eigenvalue weighted by Crippen LogP contribution is -2.40. The summed E-state index contributed by atoms with van der Waals surface area (Å²) < 4.78 is 2.54. The molecule has 2 atom stereocenters. The number of nitrogens with one attached hydrogen (secondary N) is 1. The van der Waals surface area contributed by atoms with Crippen LogP contribution in [0.5, 0.6) is 0 Å². The average Bonchev–Trinajstić information content (AvgIpc) is 3.38. The molecule has 2 nitrogen and oxygen atoms in total. The number of unbranched alkanes of at least 4 members (excludes halogenated alkanes) is 20. The summed E-state index contributed by atoms with van der Waals surface area (Å²) in [5, 5.41) is 0. The van der Waals surface area contributed by atoms with E-state index in [1.807, 2.05) is 0 Å². The van der Waals surface area contributed by atoms with Crippen molar-refractivity contribution in [3.05, 3.63) is 18.2 Å². The smallest absolute Gasteiger partial charge is 0.247 e. The number of aromatic nitrogens is 2. The maximum Gasteiger partial charge on any atom is 0.257 e. The van der Waals surface area contributed by atoms with E-state index in [1.165, 1.54) is 166 Å². The Morgan fingerprint density at radius 2 is 0.917 bits per heavy atom. The fraction of sp³-hybridized carbons (Fsp3) is 0.912. The zero-order valence-electron chi connectivity index (χ0n) is 25.4. The van der Waals surface area contributed by atoms with E-state index in [0.717, 1.165) is 0 Å². The van der Waals surface area contributed by atoms with Gasteiger partial charge in [0.2, 0.25) is 0 Å². The SMILES string of the molecule is CCCCCCCCCCCCCCCCCCC(CCCCCCCC)c1[nH]cc[n+]1C(C)CC. The Morgan fingerprint density at radius 1 is 0.556 bits per heavy atom. The highest BCUT2D eigenvalue weighted by Gasteiger charge is 2.24. The molecule has 0 aliphatic heterocycles. The van der Waals surface area contributed by atoms with Gasteiger partial charge in [-0.2, -0.15) is 0 Å². The second kappa shape index (κ2) is 24.5. The highest BCUT2D eigenvalue weighted by Crippen LogP contribution is 2.27. The zero-order chi connectivity index (χ0) is 26.1. The summed E-state index contributed by atoms with van der Waals surface area (Å²) in [4.78, 5) is 3.65. The first-order valence-electron chi connectivity index (χ1n) is 16.8. The molecule has 0 aromatic carbocycles. The minimum absolute atomic E-state index is 0.601. The second-order valence-electron chi connectivity index (χ2n) is 11.9. The van der Waals surface area contributed by atoms with E-state index in [-0.39, 0.29) is 0 Å². The molecule has 1 aromatic rings. The zero-order valence-corrected chi connectivity index (χ0v) is 25.4. The third kappa shape index (κ3) is 16.9. The lowest BCUT2D eigenvalue weighted by Gasteiger charge is -2.16. The van der Waals surface area contributed by atoms with Crippen molar-refractivity contribution in [2.75, 3.05) is 0 Å². The number of hydrogen-bond donors (Lipinski definition) is 1. The lowest BCUT2D eigenvalue weighted by molar-refractivity contribution is -0.726. The van der Waals surface area contributed by atoms with Crippen molar-refractivity contribution in [3.63, 3.8) is 0 Å². The quantitative estimate of drug-likeness (QED) is 0.0909. The van der Waals surface area contributed by atoms with Crippen LogP contribution in [-0.4, -0.2) is 4.98 Å². The van der Waals surface area contributed by atoms with Crippen LogP contribution < -0.4 is 4.57 Å². The van der Waals surface area contributed by atoms with Gasteiger partial charge >= 0.3 is 0 Å². The molecule has 2 heteroatoms. The predicted octanol–water partition coefficient (Wildman–Crippen LogP) is 11.8. The first-order chi connectivity index (χ1) is 17.7. The third-order valence-corrected chi connectivity index (χ3v) is 8.51. The third-order valence-electron chi connectivity index (χ3n) is 8.51. The molecule has 0 radical (unpaired) electrons. The normalized spacial score (nSPS) is 13.3. The van der Waals surface area contributed by atoms with Crippen molar-refractivity contribution in [3.8, 4) is 0 Å². The number of hydrogen-bond acceptors (Lipinski definition) is 0. The first kappa shape index (κ1) is 33.2. The molecule has 36 heavy (non-hydrogen) atoms. The van der Waals surface area contributed by atoms with Gasteiger partial charge in [0.25, 0.3) is 5.82 Å². The van der Waals surface area contributed by atoms with Crippen molar-refractivity contribution < 1.29 is 4.57 Å². The van der Waals surface area contributed by atoms with Gasteiger partial charge in [-0.15, -0.1) is 0 Å². The van der Waals surface area contributed by atoms with Crippen molar-refractivity contribution in [2.24, 2.45) is 0 Å². The molecule has 1 rings (SSSR count). The molecule has 0 saturated heterocycles. The Bertz CT molecular complexity index is 563. The highest BCUT2D eigenvalue weighted by molar-refractivity contribution is 4.90. The largest absolute Gasteiger partial charge is 0.257 e. The van der Waals surface area contributed by atoms with E-state index in [2.05, 4.69) is 49.6 Å². The molecule has 2 unspecified atom stereocenters. The van der Waals surface area contributed by atoms with Crippen LogP contribution in [0.3, 0.4) is 0 Å². The summed E-state index contributed by atoms with van der Waals surface area (Å²) in [7, 11) is 0. The highest BCUT2D eigenvalue weighted by atomic mass is 15.1. The molecule has 1 heterocycles. The molecule has 0 aliphatic rings. The van der Waals surface area contributed by atoms with Crippen LogP contribution in [0.15, 0.2) is 12.4 Å². The van der Waals surface area contributed by atoms with Crippen molar-refractivity contribution >= 4 is 0 Å². The number of imidazole rings is 1. The molecule has 0 amide bonds. The molecule has 0 bridgehead atoms. The van der Waals surface area contributed by atoms with Gasteiger partial charge in [0.15, 0.2) is 0 Å². The van der Waals surface area contributed by atoms with Gasteiger partial charge in [-0.25, -0.2) is 9.55 Å². The number of aromatic amines is 1. The van der Waals surface area contributed by atoms with Crippen molar-refractivity contribution in [1.82, 2.24) is 4.98 Å². The van der Waals surface area contributed by atoms with Crippen LogP contribution in [0.2, 0.25) is 0 Å². The van der Waals surface area contributed by atoms with Crippen LogP contribution in [0, 0.1) is 0 Å². The molecule has 1 aromatic heterocycles. The van der Waals surface area contributed by atoms with Gasteiger partial charge in [0.05, 0.1) is 12.0 Å². The fourth-order valence-electron chi connectivity index (χ4n) is 5.80. The van der Waals surface area contributed by atoms with Crippen LogP contribution in [-0.2, 0) is 0 Å². The maximum atomic E-state index is 3.65. The van der Waals surface area contributed by atoms with Gasteiger partial charge in [-0.3, -0.25) is 0 Å². The van der Waals surface area contributed by atoms with Crippen LogP contribution >= 0.6 is 0 Å². The number of rotatable bonds is 27. The minimum atomic E-state index is 0.601. The molecule has 0 aliphatic carbocycles. The first-order valence-corrected chi connectivity index (χ1v) is 16.8. The minimum Gasteiger partial charge on any atom is -0.247 e. The van der Waals surface area contributed by atoms with E-state index in [9.17, 15) is 0 Å². The Kier molecular flexibility index (Phi) is 22.7. The molecule has 0 fully saturated rings.